The fourth-order valence-corrected chi connectivity index (χ4v) is 2.56. The molecule has 0 saturated heterocycles. The summed E-state index contributed by atoms with van der Waals surface area (Å²) in [7, 11) is 0. The molecular weight excluding hydrogens is 333 g/mol. The summed E-state index contributed by atoms with van der Waals surface area (Å²) in [5.41, 5.74) is 2.14. The van der Waals surface area contributed by atoms with Gasteiger partial charge in [-0.2, -0.15) is 0 Å². The van der Waals surface area contributed by atoms with Crippen molar-refractivity contribution in [3.05, 3.63) is 91.0 Å². The summed E-state index contributed by atoms with van der Waals surface area (Å²) < 4.78 is 15.7. The lowest BCUT2D eigenvalue weighted by molar-refractivity contribution is 0.102. The molecule has 0 spiro atoms. The zero-order valence-corrected chi connectivity index (χ0v) is 13.5. The van der Waals surface area contributed by atoms with Crippen LogP contribution in [-0.2, 0) is 0 Å². The van der Waals surface area contributed by atoms with E-state index in [9.17, 15) is 9.18 Å². The van der Waals surface area contributed by atoms with E-state index in [1.807, 2.05) is 24.3 Å². The Bertz CT molecular complexity index is 1080. The van der Waals surface area contributed by atoms with Gasteiger partial charge >= 0.3 is 0 Å². The van der Waals surface area contributed by atoms with Gasteiger partial charge in [0.25, 0.3) is 0 Å². The van der Waals surface area contributed by atoms with Gasteiger partial charge in [0.1, 0.15) is 17.8 Å². The van der Waals surface area contributed by atoms with Crippen LogP contribution in [0.15, 0.2) is 73.7 Å². The van der Waals surface area contributed by atoms with Crippen LogP contribution in [0.25, 0.3) is 16.8 Å². The number of halogens is 1. The van der Waals surface area contributed by atoms with E-state index in [4.69, 9.17) is 0 Å². The Labute approximate surface area is 148 Å². The molecule has 0 radical (unpaired) electrons. The van der Waals surface area contributed by atoms with Crippen LogP contribution in [0.1, 0.15) is 16.3 Å². The van der Waals surface area contributed by atoms with E-state index >= 15 is 0 Å². The Kier molecular flexibility index (Phi) is 4.03. The standard InChI is InChI=1S/C19H12FN5O/c20-16-10-21-8-5-15(16)13-3-1-4-14(9-13)25-11-17(24-12-25)18(26)19-22-6-2-7-23-19/h1-12H. The maximum absolute atomic E-state index is 14.0. The molecule has 0 fully saturated rings. The van der Waals surface area contributed by atoms with E-state index in [2.05, 4.69) is 19.9 Å². The smallest absolute Gasteiger partial charge is 0.250 e. The molecule has 0 saturated carbocycles. The third-order valence-electron chi connectivity index (χ3n) is 3.81. The van der Waals surface area contributed by atoms with Crippen molar-refractivity contribution in [2.24, 2.45) is 0 Å². The molecular formula is C19H12FN5O. The van der Waals surface area contributed by atoms with Gasteiger partial charge < -0.3 is 4.57 Å². The Morgan fingerprint density at radius 1 is 1.00 bits per heavy atom. The summed E-state index contributed by atoms with van der Waals surface area (Å²) >= 11 is 0. The third kappa shape index (κ3) is 2.98. The molecule has 1 aromatic carbocycles. The average Bonchev–Trinajstić information content (AvgIpc) is 3.19. The van der Waals surface area contributed by atoms with Crippen LogP contribution >= 0.6 is 0 Å². The number of ketones is 1. The molecule has 0 N–H and O–H groups in total. The van der Waals surface area contributed by atoms with Gasteiger partial charge in [-0.25, -0.2) is 19.3 Å². The number of carbonyl (C=O) groups is 1. The van der Waals surface area contributed by atoms with Crippen molar-refractivity contribution in [2.75, 3.05) is 0 Å². The molecule has 0 aliphatic carbocycles. The van der Waals surface area contributed by atoms with Gasteiger partial charge in [0, 0.05) is 36.0 Å². The van der Waals surface area contributed by atoms with Gasteiger partial charge in [-0.05, 0) is 29.8 Å². The highest BCUT2D eigenvalue weighted by atomic mass is 19.1. The number of carbonyl (C=O) groups excluding carboxylic acids is 1. The summed E-state index contributed by atoms with van der Waals surface area (Å²) in [6.07, 6.45) is 8.85. The second-order valence-electron chi connectivity index (χ2n) is 5.47. The zero-order chi connectivity index (χ0) is 17.9. The SMILES string of the molecule is O=C(c1cn(-c2cccc(-c3ccncc3F)c2)cn1)c1ncccn1. The van der Waals surface area contributed by atoms with Crippen molar-refractivity contribution in [1.29, 1.82) is 0 Å². The predicted molar refractivity (Wildman–Crippen MR) is 92.2 cm³/mol. The first-order chi connectivity index (χ1) is 12.7. The fourth-order valence-electron chi connectivity index (χ4n) is 2.56. The molecule has 0 amide bonds. The van der Waals surface area contributed by atoms with Crippen molar-refractivity contribution >= 4 is 5.78 Å². The number of nitrogens with zero attached hydrogens (tertiary/aromatic N) is 5. The monoisotopic (exact) mass is 345 g/mol. The van der Waals surface area contributed by atoms with Crippen molar-refractivity contribution in [3.63, 3.8) is 0 Å². The number of benzene rings is 1. The number of hydrogen-bond donors (Lipinski definition) is 0. The van der Waals surface area contributed by atoms with Gasteiger partial charge in [-0.15, -0.1) is 0 Å². The van der Waals surface area contributed by atoms with E-state index in [1.165, 1.54) is 24.9 Å². The molecule has 3 aromatic heterocycles. The third-order valence-corrected chi connectivity index (χ3v) is 3.81. The summed E-state index contributed by atoms with van der Waals surface area (Å²) in [6.45, 7) is 0. The summed E-state index contributed by atoms with van der Waals surface area (Å²) in [6, 6.07) is 10.5. The van der Waals surface area contributed by atoms with Crippen LogP contribution < -0.4 is 0 Å². The van der Waals surface area contributed by atoms with Crippen LogP contribution in [0.2, 0.25) is 0 Å². The van der Waals surface area contributed by atoms with Crippen LogP contribution in [0.3, 0.4) is 0 Å². The Morgan fingerprint density at radius 3 is 2.65 bits per heavy atom. The molecule has 4 rings (SSSR count). The van der Waals surface area contributed by atoms with Crippen molar-refractivity contribution in [3.8, 4) is 16.8 Å². The molecule has 0 aliphatic rings. The van der Waals surface area contributed by atoms with E-state index in [1.54, 1.807) is 29.1 Å². The highest BCUT2D eigenvalue weighted by Crippen LogP contribution is 2.24. The first-order valence-electron chi connectivity index (χ1n) is 7.78. The zero-order valence-electron chi connectivity index (χ0n) is 13.5. The summed E-state index contributed by atoms with van der Waals surface area (Å²) in [5, 5.41) is 0. The second-order valence-corrected chi connectivity index (χ2v) is 5.47. The molecule has 0 bridgehead atoms. The molecule has 126 valence electrons. The normalized spacial score (nSPS) is 10.7. The van der Waals surface area contributed by atoms with E-state index in [0.717, 1.165) is 5.69 Å². The van der Waals surface area contributed by atoms with E-state index < -0.39 is 5.82 Å². The molecule has 0 atom stereocenters. The highest BCUT2D eigenvalue weighted by Gasteiger charge is 2.15. The summed E-state index contributed by atoms with van der Waals surface area (Å²) in [4.78, 5) is 28.2. The van der Waals surface area contributed by atoms with Crippen molar-refractivity contribution in [2.45, 2.75) is 0 Å². The Hall–Kier alpha value is -3.74. The van der Waals surface area contributed by atoms with Gasteiger partial charge in [0.15, 0.2) is 0 Å². The largest absolute Gasteiger partial charge is 0.306 e. The number of hydrogen-bond acceptors (Lipinski definition) is 5. The molecule has 7 heteroatoms. The molecule has 26 heavy (non-hydrogen) atoms. The first-order valence-corrected chi connectivity index (χ1v) is 7.78. The van der Waals surface area contributed by atoms with Crippen molar-refractivity contribution < 1.29 is 9.18 Å². The molecule has 3 heterocycles. The second kappa shape index (κ2) is 6.64. The topological polar surface area (TPSA) is 73.6 Å². The number of pyridine rings is 1. The van der Waals surface area contributed by atoms with Crippen LogP contribution in [0.4, 0.5) is 4.39 Å². The number of aromatic nitrogens is 5. The maximum atomic E-state index is 14.0. The van der Waals surface area contributed by atoms with Gasteiger partial charge in [-0.3, -0.25) is 9.78 Å². The van der Waals surface area contributed by atoms with Crippen LogP contribution in [0, 0.1) is 5.82 Å². The average molecular weight is 345 g/mol. The Balaban J connectivity index is 1.67. The van der Waals surface area contributed by atoms with E-state index in [0.29, 0.717) is 11.1 Å². The Morgan fingerprint density at radius 2 is 1.85 bits per heavy atom. The quantitative estimate of drug-likeness (QED) is 0.531. The number of imidazole rings is 1. The molecule has 4 aromatic rings. The fraction of sp³-hybridized carbons (Fsp3) is 0. The van der Waals surface area contributed by atoms with Gasteiger partial charge in [-0.1, -0.05) is 12.1 Å². The lowest BCUT2D eigenvalue weighted by atomic mass is 10.1. The first kappa shape index (κ1) is 15.8. The molecule has 0 aliphatic heterocycles. The predicted octanol–water partition coefficient (Wildman–Crippen LogP) is 3.09. The van der Waals surface area contributed by atoms with E-state index in [-0.39, 0.29) is 17.3 Å². The lowest BCUT2D eigenvalue weighted by Crippen LogP contribution is -2.06. The maximum Gasteiger partial charge on any atom is 0.250 e. The van der Waals surface area contributed by atoms with Crippen LogP contribution in [-0.4, -0.2) is 30.3 Å². The minimum absolute atomic E-state index is 0.0883. The number of rotatable bonds is 4. The highest BCUT2D eigenvalue weighted by molar-refractivity contribution is 6.04. The lowest BCUT2D eigenvalue weighted by Gasteiger charge is -2.06. The minimum Gasteiger partial charge on any atom is -0.306 e. The molecule has 6 nitrogen and oxygen atoms in total. The molecule has 0 unspecified atom stereocenters. The van der Waals surface area contributed by atoms with Crippen molar-refractivity contribution in [1.82, 2.24) is 24.5 Å². The van der Waals surface area contributed by atoms with Gasteiger partial charge in [0.2, 0.25) is 11.6 Å². The minimum atomic E-state index is -0.396. The van der Waals surface area contributed by atoms with Gasteiger partial charge in [0.05, 0.1) is 6.20 Å². The summed E-state index contributed by atoms with van der Waals surface area (Å²) in [5.74, 6) is -0.668. The van der Waals surface area contributed by atoms with Crippen LogP contribution in [0.5, 0.6) is 0 Å².